The van der Waals surface area contributed by atoms with Gasteiger partial charge >= 0.3 is 0 Å². The highest BCUT2D eigenvalue weighted by Gasteiger charge is 2.28. The Hall–Kier alpha value is -0.300. The van der Waals surface area contributed by atoms with Gasteiger partial charge in [-0.25, -0.2) is 0 Å². The Morgan fingerprint density at radius 2 is 2.17 bits per heavy atom. The summed E-state index contributed by atoms with van der Waals surface area (Å²) in [7, 11) is 0. The van der Waals surface area contributed by atoms with Gasteiger partial charge in [-0.15, -0.1) is 0 Å². The van der Waals surface area contributed by atoms with Gasteiger partial charge < -0.3 is 5.32 Å². The highest BCUT2D eigenvalue weighted by Crippen LogP contribution is 2.33. The number of hydrogen-bond donors (Lipinski definition) is 1. The summed E-state index contributed by atoms with van der Waals surface area (Å²) in [6, 6.07) is 0.671. The van der Waals surface area contributed by atoms with Gasteiger partial charge in [0.25, 0.3) is 0 Å². The van der Waals surface area contributed by atoms with Gasteiger partial charge in [0.15, 0.2) is 0 Å². The molecule has 0 saturated heterocycles. The van der Waals surface area contributed by atoms with Gasteiger partial charge in [-0.05, 0) is 38.1 Å². The van der Waals surface area contributed by atoms with Crippen LogP contribution in [0.3, 0.4) is 0 Å². The van der Waals surface area contributed by atoms with E-state index in [0.717, 1.165) is 18.9 Å². The van der Waals surface area contributed by atoms with Crippen LogP contribution in [0.2, 0.25) is 0 Å². The van der Waals surface area contributed by atoms with Crippen molar-refractivity contribution in [2.45, 2.75) is 45.6 Å². The van der Waals surface area contributed by atoms with E-state index in [0.29, 0.717) is 6.04 Å². The predicted molar refractivity (Wildman–Crippen MR) is 54.2 cm³/mol. The Bertz CT molecular complexity index is 136. The van der Waals surface area contributed by atoms with Crippen molar-refractivity contribution >= 4 is 0 Å². The van der Waals surface area contributed by atoms with E-state index in [4.69, 9.17) is 0 Å². The lowest BCUT2D eigenvalue weighted by Gasteiger charge is -2.12. The molecule has 1 aliphatic rings. The Balaban J connectivity index is 2.22. The van der Waals surface area contributed by atoms with E-state index in [-0.39, 0.29) is 0 Å². The normalized spacial score (nSPS) is 20.2. The average Bonchev–Trinajstić information content (AvgIpc) is 2.88. The first-order chi connectivity index (χ1) is 5.88. The number of nitrogens with one attached hydrogen (secondary N) is 1. The van der Waals surface area contributed by atoms with Gasteiger partial charge in [-0.2, -0.15) is 0 Å². The molecule has 1 atom stereocenters. The molecule has 0 aliphatic heterocycles. The fourth-order valence-corrected chi connectivity index (χ4v) is 1.44. The van der Waals surface area contributed by atoms with Crippen LogP contribution in [0, 0.1) is 5.92 Å². The van der Waals surface area contributed by atoms with Crippen LogP contribution in [0.15, 0.2) is 12.2 Å². The molecule has 0 bridgehead atoms. The lowest BCUT2D eigenvalue weighted by Crippen LogP contribution is -2.29. The van der Waals surface area contributed by atoms with Gasteiger partial charge in [0.1, 0.15) is 0 Å². The molecule has 1 heteroatoms. The highest BCUT2D eigenvalue weighted by atomic mass is 14.9. The predicted octanol–water partition coefficient (Wildman–Crippen LogP) is 2.73. The summed E-state index contributed by atoms with van der Waals surface area (Å²) in [5.74, 6) is 0.944. The third-order valence-electron chi connectivity index (χ3n) is 2.34. The molecule has 0 aromatic heterocycles. The van der Waals surface area contributed by atoms with Crippen molar-refractivity contribution in [1.82, 2.24) is 5.32 Å². The second-order valence-electron chi connectivity index (χ2n) is 3.65. The maximum atomic E-state index is 3.58. The van der Waals surface area contributed by atoms with E-state index < -0.39 is 0 Å². The standard InChI is InChI=1S/C11H21N/c1-3-5-6-11(10-7-8-10)12-9-4-2/h5-6,10-12H,3-4,7-9H2,1-2H3/b6-5+. The van der Waals surface area contributed by atoms with Crippen LogP contribution in [0.25, 0.3) is 0 Å². The summed E-state index contributed by atoms with van der Waals surface area (Å²) in [5, 5.41) is 3.58. The summed E-state index contributed by atoms with van der Waals surface area (Å²) in [5.41, 5.74) is 0. The Labute approximate surface area is 76.2 Å². The number of allylic oxidation sites excluding steroid dienone is 1. The molecule has 1 aliphatic carbocycles. The van der Waals surface area contributed by atoms with Crippen molar-refractivity contribution in [3.8, 4) is 0 Å². The van der Waals surface area contributed by atoms with E-state index in [2.05, 4.69) is 31.3 Å². The molecular weight excluding hydrogens is 146 g/mol. The van der Waals surface area contributed by atoms with Crippen LogP contribution in [0.1, 0.15) is 39.5 Å². The van der Waals surface area contributed by atoms with Crippen LogP contribution in [0.5, 0.6) is 0 Å². The third kappa shape index (κ3) is 3.40. The molecule has 1 fully saturated rings. The first-order valence-corrected chi connectivity index (χ1v) is 5.28. The van der Waals surface area contributed by atoms with Crippen LogP contribution < -0.4 is 5.32 Å². The van der Waals surface area contributed by atoms with Crippen LogP contribution >= 0.6 is 0 Å². The topological polar surface area (TPSA) is 12.0 Å². The van der Waals surface area contributed by atoms with E-state index >= 15 is 0 Å². The van der Waals surface area contributed by atoms with Gasteiger partial charge in [0, 0.05) is 6.04 Å². The van der Waals surface area contributed by atoms with Gasteiger partial charge in [0.05, 0.1) is 0 Å². The third-order valence-corrected chi connectivity index (χ3v) is 2.34. The van der Waals surface area contributed by atoms with Crippen molar-refractivity contribution in [3.63, 3.8) is 0 Å². The molecule has 0 amide bonds. The zero-order valence-electron chi connectivity index (χ0n) is 8.34. The molecule has 12 heavy (non-hydrogen) atoms. The van der Waals surface area contributed by atoms with E-state index in [1.54, 1.807) is 0 Å². The smallest absolute Gasteiger partial charge is 0.0278 e. The van der Waals surface area contributed by atoms with E-state index in [1.165, 1.54) is 19.3 Å². The van der Waals surface area contributed by atoms with Crippen molar-refractivity contribution in [2.75, 3.05) is 6.54 Å². The molecular formula is C11H21N. The molecule has 1 N–H and O–H groups in total. The van der Waals surface area contributed by atoms with E-state index in [9.17, 15) is 0 Å². The second-order valence-corrected chi connectivity index (χ2v) is 3.65. The fourth-order valence-electron chi connectivity index (χ4n) is 1.44. The average molecular weight is 167 g/mol. The quantitative estimate of drug-likeness (QED) is 0.600. The molecule has 1 saturated carbocycles. The van der Waals surface area contributed by atoms with Gasteiger partial charge in [-0.1, -0.05) is 26.0 Å². The molecule has 1 rings (SSSR count). The van der Waals surface area contributed by atoms with Crippen LogP contribution in [-0.4, -0.2) is 12.6 Å². The van der Waals surface area contributed by atoms with Gasteiger partial charge in [-0.3, -0.25) is 0 Å². The molecule has 0 spiro atoms. The minimum atomic E-state index is 0.671. The Morgan fingerprint density at radius 3 is 2.67 bits per heavy atom. The molecule has 0 heterocycles. The molecule has 70 valence electrons. The summed E-state index contributed by atoms with van der Waals surface area (Å²) < 4.78 is 0. The maximum absolute atomic E-state index is 3.58. The summed E-state index contributed by atoms with van der Waals surface area (Å²) >= 11 is 0. The first kappa shape index (κ1) is 9.79. The number of hydrogen-bond acceptors (Lipinski definition) is 1. The summed E-state index contributed by atoms with van der Waals surface area (Å²) in [4.78, 5) is 0. The molecule has 0 radical (unpaired) electrons. The highest BCUT2D eigenvalue weighted by molar-refractivity contribution is 5.00. The van der Waals surface area contributed by atoms with E-state index in [1.807, 2.05) is 0 Å². The van der Waals surface area contributed by atoms with Crippen LogP contribution in [-0.2, 0) is 0 Å². The SMILES string of the molecule is CC/C=C/C(NCCC)C1CC1. The van der Waals surface area contributed by atoms with Crippen molar-refractivity contribution in [2.24, 2.45) is 5.92 Å². The molecule has 1 unspecified atom stereocenters. The Morgan fingerprint density at radius 1 is 1.42 bits per heavy atom. The van der Waals surface area contributed by atoms with Crippen LogP contribution in [0.4, 0.5) is 0 Å². The summed E-state index contributed by atoms with van der Waals surface area (Å²) in [6.45, 7) is 5.58. The zero-order chi connectivity index (χ0) is 8.81. The molecule has 0 aromatic rings. The minimum absolute atomic E-state index is 0.671. The lowest BCUT2D eigenvalue weighted by atomic mass is 10.1. The molecule has 1 nitrogen and oxygen atoms in total. The summed E-state index contributed by atoms with van der Waals surface area (Å²) in [6.07, 6.45) is 9.89. The zero-order valence-corrected chi connectivity index (χ0v) is 8.34. The van der Waals surface area contributed by atoms with Gasteiger partial charge in [0.2, 0.25) is 0 Å². The second kappa shape index (κ2) is 5.36. The van der Waals surface area contributed by atoms with Crippen molar-refractivity contribution in [3.05, 3.63) is 12.2 Å². The fraction of sp³-hybridized carbons (Fsp3) is 0.818. The lowest BCUT2D eigenvalue weighted by molar-refractivity contribution is 0.537. The number of rotatable bonds is 6. The van der Waals surface area contributed by atoms with Crippen molar-refractivity contribution in [1.29, 1.82) is 0 Å². The Kier molecular flexibility index (Phi) is 4.37. The first-order valence-electron chi connectivity index (χ1n) is 5.28. The largest absolute Gasteiger partial charge is 0.310 e. The van der Waals surface area contributed by atoms with Crippen molar-refractivity contribution < 1.29 is 0 Å². The maximum Gasteiger partial charge on any atom is 0.0278 e. The monoisotopic (exact) mass is 167 g/mol. The minimum Gasteiger partial charge on any atom is -0.310 e. The molecule has 0 aromatic carbocycles.